The van der Waals surface area contributed by atoms with Crippen LogP contribution in [0, 0.1) is 0 Å². The Morgan fingerprint density at radius 2 is 1.95 bits per heavy atom. The van der Waals surface area contributed by atoms with Crippen LogP contribution in [0.2, 0.25) is 5.02 Å². The van der Waals surface area contributed by atoms with E-state index in [1.54, 1.807) is 20.3 Å². The monoisotopic (exact) mass is 377 g/mol. The van der Waals surface area contributed by atoms with E-state index in [0.717, 1.165) is 29.7 Å². The molecule has 2 rings (SSSR count). The summed E-state index contributed by atoms with van der Waals surface area (Å²) in [5.74, 6) is 0. The standard InChI is InChI=1S/C15H21BrClNO3/c1-20-14-8-18(9-15(14)21-2)6-5-13(19)11-4-3-10(16)7-12(11)17/h3-4,7,13-15,19H,5-6,8-9H2,1-2H3. The summed E-state index contributed by atoms with van der Waals surface area (Å²) < 4.78 is 11.7. The largest absolute Gasteiger partial charge is 0.388 e. The summed E-state index contributed by atoms with van der Waals surface area (Å²) >= 11 is 9.53. The van der Waals surface area contributed by atoms with Gasteiger partial charge in [0.15, 0.2) is 0 Å². The maximum Gasteiger partial charge on any atom is 0.0971 e. The van der Waals surface area contributed by atoms with Gasteiger partial charge in [0.2, 0.25) is 0 Å². The van der Waals surface area contributed by atoms with Gasteiger partial charge in [-0.25, -0.2) is 0 Å². The van der Waals surface area contributed by atoms with Gasteiger partial charge in [-0.05, 0) is 24.1 Å². The van der Waals surface area contributed by atoms with E-state index in [0.29, 0.717) is 11.4 Å². The molecule has 1 N–H and O–H groups in total. The van der Waals surface area contributed by atoms with Crippen molar-refractivity contribution in [2.24, 2.45) is 0 Å². The normalized spacial score (nSPS) is 24.4. The number of hydrogen-bond donors (Lipinski definition) is 1. The van der Waals surface area contributed by atoms with E-state index in [4.69, 9.17) is 21.1 Å². The molecule has 118 valence electrons. The van der Waals surface area contributed by atoms with Crippen molar-refractivity contribution in [1.29, 1.82) is 0 Å². The van der Waals surface area contributed by atoms with E-state index in [9.17, 15) is 5.11 Å². The number of aliphatic hydroxyl groups excluding tert-OH is 1. The van der Waals surface area contributed by atoms with Crippen LogP contribution in [0.1, 0.15) is 18.1 Å². The molecule has 3 unspecified atom stereocenters. The van der Waals surface area contributed by atoms with Crippen LogP contribution in [-0.2, 0) is 9.47 Å². The molecule has 0 saturated carbocycles. The molecule has 21 heavy (non-hydrogen) atoms. The van der Waals surface area contributed by atoms with Gasteiger partial charge in [-0.15, -0.1) is 0 Å². The molecule has 6 heteroatoms. The molecule has 4 nitrogen and oxygen atoms in total. The van der Waals surface area contributed by atoms with Gasteiger partial charge in [0, 0.05) is 43.3 Å². The molecular formula is C15H21BrClNO3. The van der Waals surface area contributed by atoms with Crippen molar-refractivity contribution < 1.29 is 14.6 Å². The number of likely N-dealkylation sites (tertiary alicyclic amines) is 1. The van der Waals surface area contributed by atoms with Crippen LogP contribution < -0.4 is 0 Å². The highest BCUT2D eigenvalue weighted by atomic mass is 79.9. The van der Waals surface area contributed by atoms with Crippen LogP contribution in [-0.4, -0.2) is 56.1 Å². The molecular weight excluding hydrogens is 358 g/mol. The minimum Gasteiger partial charge on any atom is -0.388 e. The molecule has 3 atom stereocenters. The molecule has 0 aliphatic carbocycles. The molecule has 0 amide bonds. The molecule has 0 aromatic heterocycles. The van der Waals surface area contributed by atoms with Gasteiger partial charge in [0.1, 0.15) is 0 Å². The number of ether oxygens (including phenoxy) is 2. The maximum atomic E-state index is 10.3. The number of benzene rings is 1. The number of methoxy groups -OCH3 is 2. The average Bonchev–Trinajstić information content (AvgIpc) is 2.87. The number of rotatable bonds is 6. The molecule has 0 spiro atoms. The molecule has 1 saturated heterocycles. The Labute approximate surface area is 139 Å². The van der Waals surface area contributed by atoms with Gasteiger partial charge in [-0.3, -0.25) is 4.90 Å². The van der Waals surface area contributed by atoms with Crippen LogP contribution >= 0.6 is 27.5 Å². The van der Waals surface area contributed by atoms with Crippen molar-refractivity contribution in [3.05, 3.63) is 33.3 Å². The van der Waals surface area contributed by atoms with Crippen molar-refractivity contribution in [2.45, 2.75) is 24.7 Å². The van der Waals surface area contributed by atoms with Crippen molar-refractivity contribution in [2.75, 3.05) is 33.9 Å². The zero-order chi connectivity index (χ0) is 15.4. The fourth-order valence-corrected chi connectivity index (χ4v) is 3.49. The summed E-state index contributed by atoms with van der Waals surface area (Å²) in [5, 5.41) is 10.9. The van der Waals surface area contributed by atoms with Gasteiger partial charge in [0.05, 0.1) is 18.3 Å². The molecule has 0 radical (unpaired) electrons. The maximum absolute atomic E-state index is 10.3. The highest BCUT2D eigenvalue weighted by Gasteiger charge is 2.32. The Morgan fingerprint density at radius 3 is 2.48 bits per heavy atom. The zero-order valence-corrected chi connectivity index (χ0v) is 14.6. The molecule has 1 aromatic rings. The van der Waals surface area contributed by atoms with Gasteiger partial charge in [-0.2, -0.15) is 0 Å². The fraction of sp³-hybridized carbons (Fsp3) is 0.600. The minimum absolute atomic E-state index is 0.100. The lowest BCUT2D eigenvalue weighted by Crippen LogP contribution is -2.27. The molecule has 1 aliphatic rings. The molecule has 1 heterocycles. The van der Waals surface area contributed by atoms with Crippen molar-refractivity contribution in [3.63, 3.8) is 0 Å². The smallest absolute Gasteiger partial charge is 0.0971 e. The van der Waals surface area contributed by atoms with E-state index >= 15 is 0 Å². The molecule has 1 fully saturated rings. The number of aliphatic hydroxyl groups is 1. The number of hydrogen-bond acceptors (Lipinski definition) is 4. The summed E-state index contributed by atoms with van der Waals surface area (Å²) in [4.78, 5) is 2.25. The fourth-order valence-electron chi connectivity index (χ4n) is 2.69. The van der Waals surface area contributed by atoms with Gasteiger partial charge in [-0.1, -0.05) is 33.6 Å². The predicted octanol–water partition coefficient (Wildman–Crippen LogP) is 2.87. The van der Waals surface area contributed by atoms with Crippen molar-refractivity contribution in [3.8, 4) is 0 Å². The highest BCUT2D eigenvalue weighted by molar-refractivity contribution is 9.10. The summed E-state index contributed by atoms with van der Waals surface area (Å²) in [6.45, 7) is 2.44. The van der Waals surface area contributed by atoms with Gasteiger partial charge in [0.25, 0.3) is 0 Å². The molecule has 1 aliphatic heterocycles. The third-order valence-electron chi connectivity index (χ3n) is 3.94. The minimum atomic E-state index is -0.562. The van der Waals surface area contributed by atoms with E-state index in [1.807, 2.05) is 12.1 Å². The summed E-state index contributed by atoms with van der Waals surface area (Å²) in [5.41, 5.74) is 0.769. The second-order valence-corrected chi connectivity index (χ2v) is 6.60. The summed E-state index contributed by atoms with van der Waals surface area (Å²) in [6.07, 6.45) is 0.272. The Morgan fingerprint density at radius 1 is 1.33 bits per heavy atom. The Balaban J connectivity index is 1.88. The lowest BCUT2D eigenvalue weighted by molar-refractivity contribution is -0.00461. The quantitative estimate of drug-likeness (QED) is 0.826. The first-order valence-electron chi connectivity index (χ1n) is 6.96. The first kappa shape index (κ1) is 17.2. The van der Waals surface area contributed by atoms with E-state index in [2.05, 4.69) is 20.8 Å². The van der Waals surface area contributed by atoms with Gasteiger partial charge >= 0.3 is 0 Å². The zero-order valence-electron chi connectivity index (χ0n) is 12.3. The Bertz CT molecular complexity index is 462. The van der Waals surface area contributed by atoms with Crippen molar-refractivity contribution >= 4 is 27.5 Å². The first-order valence-corrected chi connectivity index (χ1v) is 8.13. The van der Waals surface area contributed by atoms with Crippen LogP contribution in [0.3, 0.4) is 0 Å². The second-order valence-electron chi connectivity index (χ2n) is 5.28. The second kappa shape index (κ2) is 7.90. The number of halogens is 2. The van der Waals surface area contributed by atoms with Crippen LogP contribution in [0.5, 0.6) is 0 Å². The Kier molecular flexibility index (Phi) is 6.47. The first-order chi connectivity index (χ1) is 10.0. The van der Waals surface area contributed by atoms with Crippen LogP contribution in [0.4, 0.5) is 0 Å². The third-order valence-corrected chi connectivity index (χ3v) is 4.76. The topological polar surface area (TPSA) is 41.9 Å². The Hall–Kier alpha value is -0.170. The summed E-state index contributed by atoms with van der Waals surface area (Å²) in [7, 11) is 3.41. The molecule has 0 bridgehead atoms. The van der Waals surface area contributed by atoms with E-state index in [-0.39, 0.29) is 12.2 Å². The van der Waals surface area contributed by atoms with Crippen LogP contribution in [0.25, 0.3) is 0 Å². The van der Waals surface area contributed by atoms with E-state index < -0.39 is 6.10 Å². The SMILES string of the molecule is COC1CN(CCC(O)c2ccc(Br)cc2Cl)CC1OC. The lowest BCUT2D eigenvalue weighted by Gasteiger charge is -2.18. The van der Waals surface area contributed by atoms with Gasteiger partial charge < -0.3 is 14.6 Å². The predicted molar refractivity (Wildman–Crippen MR) is 86.8 cm³/mol. The highest BCUT2D eigenvalue weighted by Crippen LogP contribution is 2.28. The van der Waals surface area contributed by atoms with Crippen LogP contribution in [0.15, 0.2) is 22.7 Å². The lowest BCUT2D eigenvalue weighted by atomic mass is 10.1. The number of nitrogens with zero attached hydrogens (tertiary/aromatic N) is 1. The third kappa shape index (κ3) is 4.41. The average molecular weight is 379 g/mol. The van der Waals surface area contributed by atoms with E-state index in [1.165, 1.54) is 0 Å². The van der Waals surface area contributed by atoms with Crippen molar-refractivity contribution in [1.82, 2.24) is 4.90 Å². The summed E-state index contributed by atoms with van der Waals surface area (Å²) in [6, 6.07) is 5.55. The molecule has 1 aromatic carbocycles.